The second-order valence-corrected chi connectivity index (χ2v) is 5.38. The Labute approximate surface area is 123 Å². The summed E-state index contributed by atoms with van der Waals surface area (Å²) < 4.78 is 0. The SMILES string of the molecule is O=C(O)C=Cc1cccc(CSCc2ccccc2)c1. The van der Waals surface area contributed by atoms with E-state index in [1.165, 1.54) is 11.1 Å². The largest absolute Gasteiger partial charge is 0.478 e. The summed E-state index contributed by atoms with van der Waals surface area (Å²) in [6, 6.07) is 18.3. The minimum absolute atomic E-state index is 0.920. The fourth-order valence-electron chi connectivity index (χ4n) is 1.82. The van der Waals surface area contributed by atoms with Gasteiger partial charge in [-0.15, -0.1) is 0 Å². The predicted molar refractivity (Wildman–Crippen MR) is 84.6 cm³/mol. The van der Waals surface area contributed by atoms with Crippen molar-refractivity contribution in [3.05, 3.63) is 77.4 Å². The molecule has 0 radical (unpaired) electrons. The lowest BCUT2D eigenvalue weighted by atomic mass is 10.1. The zero-order valence-electron chi connectivity index (χ0n) is 11.0. The second-order valence-electron chi connectivity index (χ2n) is 4.40. The van der Waals surface area contributed by atoms with Crippen LogP contribution < -0.4 is 0 Å². The van der Waals surface area contributed by atoms with E-state index in [1.807, 2.05) is 48.2 Å². The molecule has 1 N–H and O–H groups in total. The third kappa shape index (κ3) is 4.94. The summed E-state index contributed by atoms with van der Waals surface area (Å²) in [5.74, 6) is 0.980. The fraction of sp³-hybridized carbons (Fsp3) is 0.118. The summed E-state index contributed by atoms with van der Waals surface area (Å²) in [6.07, 6.45) is 2.78. The Balaban J connectivity index is 1.90. The number of carbonyl (C=O) groups is 1. The Hall–Kier alpha value is -2.00. The van der Waals surface area contributed by atoms with Gasteiger partial charge in [0.15, 0.2) is 0 Å². The molecule has 102 valence electrons. The summed E-state index contributed by atoms with van der Waals surface area (Å²) >= 11 is 1.85. The van der Waals surface area contributed by atoms with E-state index < -0.39 is 5.97 Å². The summed E-state index contributed by atoms with van der Waals surface area (Å²) in [6.45, 7) is 0. The second kappa shape index (κ2) is 7.56. The van der Waals surface area contributed by atoms with Gasteiger partial charge in [-0.2, -0.15) is 11.8 Å². The van der Waals surface area contributed by atoms with E-state index in [9.17, 15) is 4.79 Å². The van der Waals surface area contributed by atoms with Crippen molar-refractivity contribution < 1.29 is 9.90 Å². The molecule has 2 aromatic rings. The summed E-state index contributed by atoms with van der Waals surface area (Å²) in [4.78, 5) is 10.5. The zero-order valence-corrected chi connectivity index (χ0v) is 11.8. The van der Waals surface area contributed by atoms with Crippen LogP contribution in [0.25, 0.3) is 6.08 Å². The van der Waals surface area contributed by atoms with Gasteiger partial charge in [0.25, 0.3) is 0 Å². The maximum atomic E-state index is 10.5. The third-order valence-electron chi connectivity index (χ3n) is 2.75. The molecule has 20 heavy (non-hydrogen) atoms. The molecule has 0 saturated heterocycles. The van der Waals surface area contributed by atoms with Crippen molar-refractivity contribution in [3.63, 3.8) is 0 Å². The van der Waals surface area contributed by atoms with Crippen LogP contribution in [0.4, 0.5) is 0 Å². The minimum atomic E-state index is -0.922. The van der Waals surface area contributed by atoms with Gasteiger partial charge >= 0.3 is 5.97 Å². The molecule has 0 fully saturated rings. The van der Waals surface area contributed by atoms with E-state index in [0.29, 0.717) is 0 Å². The number of hydrogen-bond acceptors (Lipinski definition) is 2. The van der Waals surface area contributed by atoms with Crippen LogP contribution in [0.5, 0.6) is 0 Å². The molecule has 0 aliphatic carbocycles. The van der Waals surface area contributed by atoms with Crippen LogP contribution in [0.15, 0.2) is 60.7 Å². The Morgan fingerprint density at radius 1 is 1.00 bits per heavy atom. The van der Waals surface area contributed by atoms with E-state index in [1.54, 1.807) is 6.08 Å². The maximum absolute atomic E-state index is 10.5. The number of benzene rings is 2. The first-order chi connectivity index (χ1) is 9.74. The Morgan fingerprint density at radius 3 is 2.45 bits per heavy atom. The normalized spacial score (nSPS) is 10.8. The lowest BCUT2D eigenvalue weighted by molar-refractivity contribution is -0.131. The number of aliphatic carboxylic acids is 1. The van der Waals surface area contributed by atoms with Gasteiger partial charge in [-0.1, -0.05) is 54.6 Å². The van der Waals surface area contributed by atoms with Crippen molar-refractivity contribution in [1.29, 1.82) is 0 Å². The average Bonchev–Trinajstić information content (AvgIpc) is 2.47. The van der Waals surface area contributed by atoms with Crippen LogP contribution in [-0.4, -0.2) is 11.1 Å². The van der Waals surface area contributed by atoms with Crippen molar-refractivity contribution in [2.24, 2.45) is 0 Å². The highest BCUT2D eigenvalue weighted by Crippen LogP contribution is 2.18. The molecule has 0 amide bonds. The monoisotopic (exact) mass is 284 g/mol. The molecule has 2 rings (SSSR count). The maximum Gasteiger partial charge on any atom is 0.328 e. The van der Waals surface area contributed by atoms with Gasteiger partial charge in [0.1, 0.15) is 0 Å². The van der Waals surface area contributed by atoms with E-state index in [4.69, 9.17) is 5.11 Å². The number of carboxylic acids is 1. The Morgan fingerprint density at radius 2 is 1.70 bits per heavy atom. The average molecular weight is 284 g/mol. The molecule has 0 spiro atoms. The molecule has 2 aromatic carbocycles. The number of rotatable bonds is 6. The topological polar surface area (TPSA) is 37.3 Å². The van der Waals surface area contributed by atoms with Crippen LogP contribution in [0, 0.1) is 0 Å². The number of thioether (sulfide) groups is 1. The molecule has 0 aliphatic rings. The molecule has 0 aliphatic heterocycles. The van der Waals surface area contributed by atoms with Gasteiger partial charge in [0.05, 0.1) is 0 Å². The molecular formula is C17H16O2S. The fourth-order valence-corrected chi connectivity index (χ4v) is 2.76. The molecule has 0 saturated carbocycles. The summed E-state index contributed by atoms with van der Waals surface area (Å²) in [5, 5.41) is 8.62. The highest BCUT2D eigenvalue weighted by molar-refractivity contribution is 7.97. The van der Waals surface area contributed by atoms with Gasteiger partial charge in [0, 0.05) is 17.6 Å². The van der Waals surface area contributed by atoms with Gasteiger partial charge in [-0.3, -0.25) is 0 Å². The minimum Gasteiger partial charge on any atom is -0.478 e. The molecule has 0 bridgehead atoms. The van der Waals surface area contributed by atoms with Crippen molar-refractivity contribution in [2.45, 2.75) is 11.5 Å². The van der Waals surface area contributed by atoms with Gasteiger partial charge in [0.2, 0.25) is 0 Å². The van der Waals surface area contributed by atoms with Crippen molar-refractivity contribution in [1.82, 2.24) is 0 Å². The van der Waals surface area contributed by atoms with Crippen LogP contribution in [0.3, 0.4) is 0 Å². The molecule has 3 heteroatoms. The molecule has 0 unspecified atom stereocenters. The first-order valence-electron chi connectivity index (χ1n) is 6.35. The lowest BCUT2D eigenvalue weighted by Crippen LogP contribution is -1.87. The smallest absolute Gasteiger partial charge is 0.328 e. The molecule has 0 aromatic heterocycles. The van der Waals surface area contributed by atoms with E-state index in [0.717, 1.165) is 23.1 Å². The molecule has 0 heterocycles. The summed E-state index contributed by atoms with van der Waals surface area (Å²) in [5.41, 5.74) is 3.45. The zero-order chi connectivity index (χ0) is 14.2. The van der Waals surface area contributed by atoms with E-state index in [2.05, 4.69) is 18.2 Å². The third-order valence-corrected chi connectivity index (χ3v) is 3.82. The van der Waals surface area contributed by atoms with Crippen LogP contribution in [0.2, 0.25) is 0 Å². The Bertz CT molecular complexity index is 591. The van der Waals surface area contributed by atoms with E-state index >= 15 is 0 Å². The first kappa shape index (κ1) is 14.4. The Kier molecular flexibility index (Phi) is 5.44. The van der Waals surface area contributed by atoms with Crippen LogP contribution in [-0.2, 0) is 16.3 Å². The number of carboxylic acid groups (broad SMARTS) is 1. The number of hydrogen-bond donors (Lipinski definition) is 1. The van der Waals surface area contributed by atoms with Gasteiger partial charge < -0.3 is 5.11 Å². The molecular weight excluding hydrogens is 268 g/mol. The lowest BCUT2D eigenvalue weighted by Gasteiger charge is -2.03. The summed E-state index contributed by atoms with van der Waals surface area (Å²) in [7, 11) is 0. The van der Waals surface area contributed by atoms with Crippen molar-refractivity contribution in [3.8, 4) is 0 Å². The quantitative estimate of drug-likeness (QED) is 0.807. The highest BCUT2D eigenvalue weighted by Gasteiger charge is 1.97. The first-order valence-corrected chi connectivity index (χ1v) is 7.51. The van der Waals surface area contributed by atoms with Gasteiger partial charge in [-0.05, 0) is 22.8 Å². The van der Waals surface area contributed by atoms with Crippen LogP contribution >= 0.6 is 11.8 Å². The molecule has 2 nitrogen and oxygen atoms in total. The highest BCUT2D eigenvalue weighted by atomic mass is 32.2. The predicted octanol–water partition coefficient (Wildman–Crippen LogP) is 4.22. The van der Waals surface area contributed by atoms with E-state index in [-0.39, 0.29) is 0 Å². The van der Waals surface area contributed by atoms with Crippen LogP contribution in [0.1, 0.15) is 16.7 Å². The standard InChI is InChI=1S/C17H16O2S/c18-17(19)10-9-14-7-4-8-16(11-14)13-20-12-15-5-2-1-3-6-15/h1-11H,12-13H2,(H,18,19). The van der Waals surface area contributed by atoms with Gasteiger partial charge in [-0.25, -0.2) is 4.79 Å². The van der Waals surface area contributed by atoms with Crippen molar-refractivity contribution >= 4 is 23.8 Å². The molecule has 0 atom stereocenters. The van der Waals surface area contributed by atoms with Crippen molar-refractivity contribution in [2.75, 3.05) is 0 Å².